The van der Waals surface area contributed by atoms with Crippen LogP contribution in [0.15, 0.2) is 0 Å². The second-order valence-corrected chi connectivity index (χ2v) is 4.84. The second-order valence-electron chi connectivity index (χ2n) is 4.84. The SMILES string of the molecule is CCCC#CCC(CC)OC(=O)CCCCC(=O)OCC. The molecule has 0 aliphatic heterocycles. The minimum Gasteiger partial charge on any atom is -0.466 e. The Hall–Kier alpha value is -1.50. The molecule has 0 aromatic heterocycles. The first-order chi connectivity index (χ1) is 10.1. The number of carbonyl (C=O) groups is 2. The van der Waals surface area contributed by atoms with Crippen LogP contribution in [-0.4, -0.2) is 24.6 Å². The Bertz CT molecular complexity index is 352. The third kappa shape index (κ3) is 12.0. The molecule has 0 aromatic rings. The Morgan fingerprint density at radius 3 is 2.24 bits per heavy atom. The number of carbonyl (C=O) groups excluding carboxylic acids is 2. The van der Waals surface area contributed by atoms with Gasteiger partial charge in [0.05, 0.1) is 6.61 Å². The highest BCUT2D eigenvalue weighted by Crippen LogP contribution is 2.08. The molecular weight excluding hydrogens is 268 g/mol. The fraction of sp³-hybridized carbons (Fsp3) is 0.765. The van der Waals surface area contributed by atoms with E-state index < -0.39 is 0 Å². The second kappa shape index (κ2) is 13.5. The van der Waals surface area contributed by atoms with Gasteiger partial charge in [0.2, 0.25) is 0 Å². The highest BCUT2D eigenvalue weighted by molar-refractivity contribution is 5.70. The standard InChI is InChI=1S/C17H28O4/c1-4-7-8-9-12-15(5-2)21-17(19)14-11-10-13-16(18)20-6-3/h15H,4-7,10-14H2,1-3H3. The van der Waals surface area contributed by atoms with Gasteiger partial charge in [-0.25, -0.2) is 0 Å². The van der Waals surface area contributed by atoms with Gasteiger partial charge in [0.15, 0.2) is 0 Å². The monoisotopic (exact) mass is 296 g/mol. The summed E-state index contributed by atoms with van der Waals surface area (Å²) in [5.41, 5.74) is 0. The maximum Gasteiger partial charge on any atom is 0.306 e. The summed E-state index contributed by atoms with van der Waals surface area (Å²) in [6, 6.07) is 0. The van der Waals surface area contributed by atoms with Crippen molar-refractivity contribution in [2.75, 3.05) is 6.61 Å². The first-order valence-corrected chi connectivity index (χ1v) is 7.94. The first kappa shape index (κ1) is 19.5. The van der Waals surface area contributed by atoms with Gasteiger partial charge in [0.1, 0.15) is 6.10 Å². The van der Waals surface area contributed by atoms with E-state index in [1.807, 2.05) is 6.92 Å². The van der Waals surface area contributed by atoms with Crippen molar-refractivity contribution < 1.29 is 19.1 Å². The lowest BCUT2D eigenvalue weighted by Crippen LogP contribution is -2.16. The number of esters is 2. The zero-order chi connectivity index (χ0) is 15.9. The Kier molecular flexibility index (Phi) is 12.5. The van der Waals surface area contributed by atoms with Gasteiger partial charge in [-0.15, -0.1) is 5.92 Å². The maximum absolute atomic E-state index is 11.7. The van der Waals surface area contributed by atoms with Crippen molar-refractivity contribution in [3.8, 4) is 11.8 Å². The first-order valence-electron chi connectivity index (χ1n) is 7.94. The third-order valence-electron chi connectivity index (χ3n) is 2.90. The normalized spacial score (nSPS) is 11.2. The van der Waals surface area contributed by atoms with Gasteiger partial charge in [-0.3, -0.25) is 9.59 Å². The fourth-order valence-electron chi connectivity index (χ4n) is 1.69. The number of rotatable bonds is 10. The van der Waals surface area contributed by atoms with E-state index in [1.54, 1.807) is 6.92 Å². The van der Waals surface area contributed by atoms with E-state index in [0.29, 0.717) is 38.7 Å². The van der Waals surface area contributed by atoms with Crippen molar-refractivity contribution in [2.24, 2.45) is 0 Å². The van der Waals surface area contributed by atoms with Gasteiger partial charge < -0.3 is 9.47 Å². The van der Waals surface area contributed by atoms with Crippen LogP contribution in [0.1, 0.15) is 72.1 Å². The molecule has 0 heterocycles. The van der Waals surface area contributed by atoms with Crippen LogP contribution >= 0.6 is 0 Å². The molecule has 1 unspecified atom stereocenters. The average Bonchev–Trinajstić information content (AvgIpc) is 2.47. The lowest BCUT2D eigenvalue weighted by molar-refractivity contribution is -0.149. The predicted octanol–water partition coefficient (Wildman–Crippen LogP) is 3.63. The summed E-state index contributed by atoms with van der Waals surface area (Å²) in [5.74, 6) is 5.70. The van der Waals surface area contributed by atoms with Crippen LogP contribution in [-0.2, 0) is 19.1 Å². The Balaban J connectivity index is 3.80. The molecule has 0 aliphatic rings. The number of hydrogen-bond acceptors (Lipinski definition) is 4. The van der Waals surface area contributed by atoms with Gasteiger partial charge in [-0.05, 0) is 32.6 Å². The molecule has 0 amide bonds. The molecule has 0 rings (SSSR count). The minimum absolute atomic E-state index is 0.119. The van der Waals surface area contributed by atoms with Crippen molar-refractivity contribution in [1.29, 1.82) is 0 Å². The molecule has 4 nitrogen and oxygen atoms in total. The molecule has 0 saturated carbocycles. The van der Waals surface area contributed by atoms with Crippen molar-refractivity contribution in [3.05, 3.63) is 0 Å². The molecule has 4 heteroatoms. The van der Waals surface area contributed by atoms with Gasteiger partial charge in [-0.2, -0.15) is 0 Å². The maximum atomic E-state index is 11.7. The van der Waals surface area contributed by atoms with Crippen molar-refractivity contribution in [3.63, 3.8) is 0 Å². The molecule has 0 saturated heterocycles. The van der Waals surface area contributed by atoms with Crippen LogP contribution in [0.3, 0.4) is 0 Å². The van der Waals surface area contributed by atoms with E-state index in [2.05, 4.69) is 18.8 Å². The molecule has 0 radical (unpaired) electrons. The van der Waals surface area contributed by atoms with E-state index >= 15 is 0 Å². The molecule has 21 heavy (non-hydrogen) atoms. The zero-order valence-corrected chi connectivity index (χ0v) is 13.6. The highest BCUT2D eigenvalue weighted by atomic mass is 16.5. The summed E-state index contributed by atoms with van der Waals surface area (Å²) in [5, 5.41) is 0. The largest absolute Gasteiger partial charge is 0.466 e. The quantitative estimate of drug-likeness (QED) is 0.351. The topological polar surface area (TPSA) is 52.6 Å². The summed E-state index contributed by atoms with van der Waals surface area (Å²) in [6.07, 6.45) is 5.20. The van der Waals surface area contributed by atoms with E-state index in [4.69, 9.17) is 9.47 Å². The predicted molar refractivity (Wildman–Crippen MR) is 82.6 cm³/mol. The summed E-state index contributed by atoms with van der Waals surface area (Å²) in [7, 11) is 0. The Morgan fingerprint density at radius 1 is 1.00 bits per heavy atom. The summed E-state index contributed by atoms with van der Waals surface area (Å²) in [6.45, 7) is 6.25. The lowest BCUT2D eigenvalue weighted by atomic mass is 10.2. The fourth-order valence-corrected chi connectivity index (χ4v) is 1.69. The van der Waals surface area contributed by atoms with Crippen LogP contribution in [0, 0.1) is 11.8 Å². The van der Waals surface area contributed by atoms with Gasteiger partial charge in [0, 0.05) is 25.7 Å². The van der Waals surface area contributed by atoms with E-state index in [9.17, 15) is 9.59 Å². The van der Waals surface area contributed by atoms with Gasteiger partial charge in [0.25, 0.3) is 0 Å². The van der Waals surface area contributed by atoms with Crippen LogP contribution in [0.4, 0.5) is 0 Å². The summed E-state index contributed by atoms with van der Waals surface area (Å²) in [4.78, 5) is 22.8. The van der Waals surface area contributed by atoms with Crippen molar-refractivity contribution >= 4 is 11.9 Å². The van der Waals surface area contributed by atoms with Crippen LogP contribution < -0.4 is 0 Å². The molecule has 0 aromatic carbocycles. The van der Waals surface area contributed by atoms with E-state index in [-0.39, 0.29) is 18.0 Å². The Labute approximate surface area is 128 Å². The lowest BCUT2D eigenvalue weighted by Gasteiger charge is -2.13. The number of unbranched alkanes of at least 4 members (excludes halogenated alkanes) is 2. The highest BCUT2D eigenvalue weighted by Gasteiger charge is 2.11. The van der Waals surface area contributed by atoms with Gasteiger partial charge in [-0.1, -0.05) is 19.8 Å². The molecule has 120 valence electrons. The van der Waals surface area contributed by atoms with Crippen molar-refractivity contribution in [1.82, 2.24) is 0 Å². The summed E-state index contributed by atoms with van der Waals surface area (Å²) < 4.78 is 10.2. The third-order valence-corrected chi connectivity index (χ3v) is 2.90. The van der Waals surface area contributed by atoms with Gasteiger partial charge >= 0.3 is 11.9 Å². The van der Waals surface area contributed by atoms with E-state index in [1.165, 1.54) is 0 Å². The number of hydrogen-bond donors (Lipinski definition) is 0. The molecule has 0 aliphatic carbocycles. The Morgan fingerprint density at radius 2 is 1.67 bits per heavy atom. The van der Waals surface area contributed by atoms with E-state index in [0.717, 1.165) is 19.3 Å². The van der Waals surface area contributed by atoms with Crippen molar-refractivity contribution in [2.45, 2.75) is 78.2 Å². The molecule has 0 spiro atoms. The number of ether oxygens (including phenoxy) is 2. The minimum atomic E-state index is -0.206. The molecule has 0 N–H and O–H groups in total. The van der Waals surface area contributed by atoms with Crippen LogP contribution in [0.5, 0.6) is 0 Å². The van der Waals surface area contributed by atoms with Crippen LogP contribution in [0.25, 0.3) is 0 Å². The molecule has 0 bridgehead atoms. The van der Waals surface area contributed by atoms with Crippen LogP contribution in [0.2, 0.25) is 0 Å². The summed E-state index contributed by atoms with van der Waals surface area (Å²) >= 11 is 0. The zero-order valence-electron chi connectivity index (χ0n) is 13.6. The molecule has 1 atom stereocenters. The molecule has 0 fully saturated rings. The smallest absolute Gasteiger partial charge is 0.306 e. The molecular formula is C17H28O4. The average molecular weight is 296 g/mol.